The molecule has 2 aromatic rings. The van der Waals surface area contributed by atoms with Gasteiger partial charge in [0.05, 0.1) is 11.4 Å². The maximum atomic E-state index is 12.4. The largest absolute Gasteiger partial charge is 0.484 e. The highest BCUT2D eigenvalue weighted by Crippen LogP contribution is 2.29. The van der Waals surface area contributed by atoms with Crippen LogP contribution in [0.25, 0.3) is 0 Å². The first-order valence-electron chi connectivity index (χ1n) is 6.71. The summed E-state index contributed by atoms with van der Waals surface area (Å²) in [5, 5.41) is 2.75. The van der Waals surface area contributed by atoms with E-state index in [4.69, 9.17) is 4.74 Å². The Bertz CT molecular complexity index is 733. The van der Waals surface area contributed by atoms with Gasteiger partial charge in [-0.15, -0.1) is 0 Å². The summed E-state index contributed by atoms with van der Waals surface area (Å²) in [4.78, 5) is 25.5. The second kappa shape index (κ2) is 6.19. The number of hydrogen-bond acceptors (Lipinski definition) is 3. The van der Waals surface area contributed by atoms with Crippen LogP contribution >= 0.6 is 15.9 Å². The third-order valence-electron chi connectivity index (χ3n) is 3.23. The van der Waals surface area contributed by atoms with Gasteiger partial charge in [0.25, 0.3) is 5.91 Å². The second-order valence-corrected chi connectivity index (χ2v) is 5.71. The lowest BCUT2D eigenvalue weighted by molar-refractivity contribution is -0.123. The van der Waals surface area contributed by atoms with E-state index in [1.165, 1.54) is 4.90 Å². The highest BCUT2D eigenvalue weighted by Gasteiger charge is 2.26. The third kappa shape index (κ3) is 3.12. The fraction of sp³-hybridized carbons (Fsp3) is 0.125. The molecule has 5 nitrogen and oxygen atoms in total. The van der Waals surface area contributed by atoms with E-state index in [-0.39, 0.29) is 25.0 Å². The number of nitrogens with zero attached hydrogens (tertiary/aromatic N) is 1. The Morgan fingerprint density at radius 3 is 2.86 bits per heavy atom. The van der Waals surface area contributed by atoms with Crippen molar-refractivity contribution in [3.05, 3.63) is 53.0 Å². The van der Waals surface area contributed by atoms with Crippen molar-refractivity contribution < 1.29 is 14.3 Å². The fourth-order valence-corrected chi connectivity index (χ4v) is 2.61. The minimum Gasteiger partial charge on any atom is -0.484 e. The summed E-state index contributed by atoms with van der Waals surface area (Å²) < 4.78 is 6.37. The van der Waals surface area contributed by atoms with Gasteiger partial charge in [-0.05, 0) is 30.3 Å². The number of nitrogens with one attached hydrogen (secondary N) is 1. The molecule has 1 aliphatic heterocycles. The Morgan fingerprint density at radius 1 is 1.23 bits per heavy atom. The molecule has 0 saturated heterocycles. The first kappa shape index (κ1) is 14.6. The van der Waals surface area contributed by atoms with Gasteiger partial charge < -0.3 is 10.1 Å². The quantitative estimate of drug-likeness (QED) is 0.915. The highest BCUT2D eigenvalue weighted by molar-refractivity contribution is 9.10. The van der Waals surface area contributed by atoms with E-state index in [2.05, 4.69) is 21.2 Å². The Balaban J connectivity index is 1.74. The molecule has 1 aliphatic rings. The number of amides is 2. The number of fused-ring (bicyclic) bond motifs is 1. The van der Waals surface area contributed by atoms with Crippen LogP contribution in [0.3, 0.4) is 0 Å². The Labute approximate surface area is 136 Å². The summed E-state index contributed by atoms with van der Waals surface area (Å²) in [6, 6.07) is 14.5. The van der Waals surface area contributed by atoms with Crippen molar-refractivity contribution in [1.82, 2.24) is 0 Å². The Morgan fingerprint density at radius 2 is 2.05 bits per heavy atom. The average Bonchev–Trinajstić information content (AvgIpc) is 2.52. The smallest absolute Gasteiger partial charge is 0.265 e. The molecule has 3 rings (SSSR count). The van der Waals surface area contributed by atoms with Gasteiger partial charge in [0.15, 0.2) is 6.61 Å². The van der Waals surface area contributed by atoms with Crippen molar-refractivity contribution in [3.63, 3.8) is 0 Å². The zero-order chi connectivity index (χ0) is 15.5. The number of ether oxygens (including phenoxy) is 1. The van der Waals surface area contributed by atoms with Crippen molar-refractivity contribution in [1.29, 1.82) is 0 Å². The summed E-state index contributed by atoms with van der Waals surface area (Å²) in [6.07, 6.45) is 0. The molecular weight excluding hydrogens is 348 g/mol. The lowest BCUT2D eigenvalue weighted by Crippen LogP contribution is -2.44. The molecule has 0 spiro atoms. The molecule has 0 aromatic heterocycles. The van der Waals surface area contributed by atoms with Crippen molar-refractivity contribution >= 4 is 39.1 Å². The van der Waals surface area contributed by atoms with Crippen LogP contribution < -0.4 is 15.0 Å². The summed E-state index contributed by atoms with van der Waals surface area (Å²) >= 11 is 3.35. The van der Waals surface area contributed by atoms with Crippen LogP contribution in [0.5, 0.6) is 5.75 Å². The highest BCUT2D eigenvalue weighted by atomic mass is 79.9. The van der Waals surface area contributed by atoms with Gasteiger partial charge in [0.1, 0.15) is 12.3 Å². The zero-order valence-corrected chi connectivity index (χ0v) is 13.2. The second-order valence-electron chi connectivity index (χ2n) is 4.79. The first-order valence-corrected chi connectivity index (χ1v) is 7.50. The number of para-hydroxylation sites is 2. The number of rotatable bonds is 3. The number of carbonyl (C=O) groups is 2. The summed E-state index contributed by atoms with van der Waals surface area (Å²) in [5.74, 6) is 0.120. The minimum atomic E-state index is -0.262. The monoisotopic (exact) mass is 360 g/mol. The van der Waals surface area contributed by atoms with Crippen LogP contribution in [0, 0.1) is 0 Å². The molecule has 0 atom stereocenters. The molecule has 0 aliphatic carbocycles. The molecule has 2 aromatic carbocycles. The molecule has 6 heteroatoms. The van der Waals surface area contributed by atoms with Gasteiger partial charge in [0, 0.05) is 4.47 Å². The number of benzene rings is 2. The van der Waals surface area contributed by atoms with Crippen molar-refractivity contribution in [2.24, 2.45) is 0 Å². The Hall–Kier alpha value is -2.34. The molecule has 1 N–H and O–H groups in total. The van der Waals surface area contributed by atoms with Gasteiger partial charge in [-0.25, -0.2) is 0 Å². The molecular formula is C16H13BrN2O3. The number of halogens is 1. The lowest BCUT2D eigenvalue weighted by Gasteiger charge is -2.29. The van der Waals surface area contributed by atoms with E-state index in [1.807, 2.05) is 24.3 Å². The minimum absolute atomic E-state index is 0.00229. The van der Waals surface area contributed by atoms with Crippen LogP contribution in [-0.4, -0.2) is 25.0 Å². The van der Waals surface area contributed by atoms with Crippen LogP contribution in [-0.2, 0) is 9.59 Å². The Kier molecular flexibility index (Phi) is 4.11. The maximum Gasteiger partial charge on any atom is 0.265 e. The number of hydrogen-bond donors (Lipinski definition) is 1. The zero-order valence-electron chi connectivity index (χ0n) is 11.6. The average molecular weight is 361 g/mol. The van der Waals surface area contributed by atoms with Crippen LogP contribution in [0.4, 0.5) is 11.4 Å². The van der Waals surface area contributed by atoms with E-state index in [0.29, 0.717) is 17.1 Å². The standard InChI is InChI=1S/C16H13BrN2O3/c17-11-4-3-5-12(8-11)22-10-16(21)19-9-15(20)18-13-6-1-2-7-14(13)19/h1-8H,9-10H2,(H,18,20). The molecule has 2 amide bonds. The summed E-state index contributed by atoms with van der Waals surface area (Å²) in [5.41, 5.74) is 1.32. The molecule has 0 fully saturated rings. The predicted molar refractivity (Wildman–Crippen MR) is 87.1 cm³/mol. The van der Waals surface area contributed by atoms with E-state index < -0.39 is 0 Å². The maximum absolute atomic E-state index is 12.4. The van der Waals surface area contributed by atoms with Crippen molar-refractivity contribution in [2.75, 3.05) is 23.4 Å². The first-order chi connectivity index (χ1) is 10.6. The SMILES string of the molecule is O=C1CN(C(=O)COc2cccc(Br)c2)c2ccccc2N1. The van der Waals surface area contributed by atoms with E-state index in [1.54, 1.807) is 24.3 Å². The third-order valence-corrected chi connectivity index (χ3v) is 3.72. The van der Waals surface area contributed by atoms with E-state index >= 15 is 0 Å². The van der Waals surface area contributed by atoms with Gasteiger partial charge in [-0.3, -0.25) is 14.5 Å². The van der Waals surface area contributed by atoms with E-state index in [9.17, 15) is 9.59 Å². The summed E-state index contributed by atoms with van der Waals surface area (Å²) in [6.45, 7) is -0.129. The van der Waals surface area contributed by atoms with Gasteiger partial charge in [-0.2, -0.15) is 0 Å². The molecule has 0 radical (unpaired) electrons. The molecule has 1 heterocycles. The molecule has 0 unspecified atom stereocenters. The summed E-state index contributed by atoms with van der Waals surface area (Å²) in [7, 11) is 0. The molecule has 22 heavy (non-hydrogen) atoms. The number of anilines is 2. The number of carbonyl (C=O) groups excluding carboxylic acids is 2. The van der Waals surface area contributed by atoms with Gasteiger partial charge in [-0.1, -0.05) is 34.1 Å². The van der Waals surface area contributed by atoms with E-state index in [0.717, 1.165) is 4.47 Å². The van der Waals surface area contributed by atoms with Crippen molar-refractivity contribution in [2.45, 2.75) is 0 Å². The van der Waals surface area contributed by atoms with Crippen LogP contribution in [0.2, 0.25) is 0 Å². The normalized spacial score (nSPS) is 13.3. The molecule has 0 saturated carbocycles. The van der Waals surface area contributed by atoms with Crippen molar-refractivity contribution in [3.8, 4) is 5.75 Å². The van der Waals surface area contributed by atoms with Gasteiger partial charge in [0.2, 0.25) is 5.91 Å². The van der Waals surface area contributed by atoms with Crippen LogP contribution in [0.1, 0.15) is 0 Å². The van der Waals surface area contributed by atoms with Crippen LogP contribution in [0.15, 0.2) is 53.0 Å². The van der Waals surface area contributed by atoms with Gasteiger partial charge >= 0.3 is 0 Å². The molecule has 0 bridgehead atoms. The topological polar surface area (TPSA) is 58.6 Å². The predicted octanol–water partition coefficient (Wildman–Crippen LogP) is 2.81. The lowest BCUT2D eigenvalue weighted by atomic mass is 10.2. The molecule has 112 valence electrons. The fourth-order valence-electron chi connectivity index (χ4n) is 2.24.